The molecule has 8 heteroatoms. The van der Waals surface area contributed by atoms with Crippen LogP contribution >= 0.6 is 27.3 Å². The Morgan fingerprint density at radius 1 is 1.04 bits per heavy atom. The zero-order valence-corrected chi connectivity index (χ0v) is 18.3. The number of likely N-dealkylation sites (N-methyl/N-ethyl adjacent to an activating group) is 1. The summed E-state index contributed by atoms with van der Waals surface area (Å²) in [6.07, 6.45) is 0. The average Bonchev–Trinajstić information content (AvgIpc) is 3.13. The second-order valence-corrected chi connectivity index (χ2v) is 9.20. The van der Waals surface area contributed by atoms with Crippen molar-refractivity contribution in [3.8, 4) is 0 Å². The summed E-state index contributed by atoms with van der Waals surface area (Å²) in [6.45, 7) is 4.29. The Morgan fingerprint density at radius 3 is 2.21 bits per heavy atom. The smallest absolute Gasteiger partial charge is 0.264 e. The van der Waals surface area contributed by atoms with Gasteiger partial charge in [-0.3, -0.25) is 14.4 Å². The number of ketones is 1. The van der Waals surface area contributed by atoms with E-state index in [1.165, 1.54) is 16.2 Å². The van der Waals surface area contributed by atoms with Crippen molar-refractivity contribution in [1.29, 1.82) is 0 Å². The van der Waals surface area contributed by atoms with Gasteiger partial charge in [0, 0.05) is 44.5 Å². The second kappa shape index (κ2) is 8.87. The van der Waals surface area contributed by atoms with E-state index in [0.29, 0.717) is 23.5 Å². The number of carbonyl (C=O) groups excluding carboxylic acids is 3. The van der Waals surface area contributed by atoms with Gasteiger partial charge in [-0.2, -0.15) is 0 Å². The van der Waals surface area contributed by atoms with Crippen LogP contribution in [0.5, 0.6) is 0 Å². The molecular weight excluding hydrogens is 442 g/mol. The lowest BCUT2D eigenvalue weighted by Crippen LogP contribution is -2.51. The zero-order chi connectivity index (χ0) is 20.3. The summed E-state index contributed by atoms with van der Waals surface area (Å²) in [5.74, 6) is -0.137. The third kappa shape index (κ3) is 4.80. The van der Waals surface area contributed by atoms with Crippen molar-refractivity contribution in [1.82, 2.24) is 9.80 Å². The Labute approximate surface area is 176 Å². The first-order valence-corrected chi connectivity index (χ1v) is 10.6. The maximum atomic E-state index is 12.6. The van der Waals surface area contributed by atoms with Gasteiger partial charge in [-0.1, -0.05) is 0 Å². The van der Waals surface area contributed by atoms with Gasteiger partial charge in [0.15, 0.2) is 5.78 Å². The Morgan fingerprint density at radius 2 is 1.68 bits per heavy atom. The predicted octanol–water partition coefficient (Wildman–Crippen LogP) is 3.13. The van der Waals surface area contributed by atoms with Crippen LogP contribution in [-0.2, 0) is 4.79 Å². The Hall–Kier alpha value is -2.19. The van der Waals surface area contributed by atoms with Crippen LogP contribution in [0.1, 0.15) is 27.0 Å². The van der Waals surface area contributed by atoms with Gasteiger partial charge in [-0.25, -0.2) is 0 Å². The van der Waals surface area contributed by atoms with Crippen LogP contribution < -0.4 is 4.90 Å². The molecule has 1 saturated heterocycles. The van der Waals surface area contributed by atoms with E-state index < -0.39 is 0 Å². The summed E-state index contributed by atoms with van der Waals surface area (Å²) >= 11 is 4.71. The highest BCUT2D eigenvalue weighted by Gasteiger charge is 2.24. The van der Waals surface area contributed by atoms with Gasteiger partial charge in [0.1, 0.15) is 0 Å². The molecule has 6 nitrogen and oxygen atoms in total. The predicted molar refractivity (Wildman–Crippen MR) is 114 cm³/mol. The molecule has 0 radical (unpaired) electrons. The summed E-state index contributed by atoms with van der Waals surface area (Å²) in [5, 5.41) is 0. The maximum Gasteiger partial charge on any atom is 0.264 e. The first-order valence-electron chi connectivity index (χ1n) is 8.99. The SMILES string of the molecule is CC(=O)c1ccc(N2CCN(C(=O)CN(C)C(=O)c3ccc(Br)s3)CC2)cc1. The van der Waals surface area contributed by atoms with Crippen LogP contribution in [-0.4, -0.2) is 67.2 Å². The number of nitrogens with zero attached hydrogens (tertiary/aromatic N) is 3. The fraction of sp³-hybridized carbons (Fsp3) is 0.350. The molecule has 1 aromatic carbocycles. The molecule has 148 valence electrons. The Balaban J connectivity index is 1.52. The van der Waals surface area contributed by atoms with E-state index in [-0.39, 0.29) is 24.1 Å². The molecule has 2 heterocycles. The van der Waals surface area contributed by atoms with Crippen molar-refractivity contribution in [3.05, 3.63) is 50.6 Å². The molecule has 2 aromatic rings. The number of piperazine rings is 1. The summed E-state index contributed by atoms with van der Waals surface area (Å²) < 4.78 is 0.892. The number of halogens is 1. The Kier molecular flexibility index (Phi) is 6.51. The highest BCUT2D eigenvalue weighted by Crippen LogP contribution is 2.23. The lowest BCUT2D eigenvalue weighted by molar-refractivity contribution is -0.131. The largest absolute Gasteiger partial charge is 0.368 e. The molecule has 0 unspecified atom stereocenters. The summed E-state index contributed by atoms with van der Waals surface area (Å²) in [7, 11) is 1.65. The molecule has 3 rings (SSSR count). The van der Waals surface area contributed by atoms with Gasteiger partial charge in [0.25, 0.3) is 5.91 Å². The van der Waals surface area contributed by atoms with E-state index in [1.54, 1.807) is 24.9 Å². The van der Waals surface area contributed by atoms with Crippen molar-refractivity contribution in [3.63, 3.8) is 0 Å². The Bertz CT molecular complexity index is 873. The number of rotatable bonds is 5. The van der Waals surface area contributed by atoms with Gasteiger partial charge in [0.05, 0.1) is 15.2 Å². The zero-order valence-electron chi connectivity index (χ0n) is 15.9. The molecule has 1 aliphatic rings. The van der Waals surface area contributed by atoms with E-state index in [9.17, 15) is 14.4 Å². The van der Waals surface area contributed by atoms with Crippen LogP contribution in [0.15, 0.2) is 40.2 Å². The third-order valence-electron chi connectivity index (χ3n) is 4.77. The van der Waals surface area contributed by atoms with Crippen molar-refractivity contribution in [2.45, 2.75) is 6.92 Å². The number of Topliss-reactive ketones (excluding diaryl/α,β-unsaturated/α-hetero) is 1. The number of carbonyl (C=O) groups is 3. The van der Waals surface area contributed by atoms with Gasteiger partial charge in [-0.15, -0.1) is 11.3 Å². The molecule has 0 saturated carbocycles. The monoisotopic (exact) mass is 463 g/mol. The molecule has 28 heavy (non-hydrogen) atoms. The van der Waals surface area contributed by atoms with Gasteiger partial charge >= 0.3 is 0 Å². The normalized spacial score (nSPS) is 14.1. The fourth-order valence-electron chi connectivity index (χ4n) is 3.11. The van der Waals surface area contributed by atoms with Crippen LogP contribution in [0.4, 0.5) is 5.69 Å². The number of amides is 2. The molecule has 0 spiro atoms. The lowest BCUT2D eigenvalue weighted by atomic mass is 10.1. The quantitative estimate of drug-likeness (QED) is 0.639. The molecule has 0 N–H and O–H groups in total. The topological polar surface area (TPSA) is 60.9 Å². The molecule has 0 bridgehead atoms. The average molecular weight is 464 g/mol. The third-order valence-corrected chi connectivity index (χ3v) is 6.39. The minimum atomic E-state index is -0.145. The van der Waals surface area contributed by atoms with Gasteiger partial charge in [0.2, 0.25) is 5.91 Å². The molecule has 0 atom stereocenters. The molecule has 1 aliphatic heterocycles. The van der Waals surface area contributed by atoms with Gasteiger partial charge in [-0.05, 0) is 59.3 Å². The standard InChI is InChI=1S/C20H22BrN3O3S/c1-14(25)15-3-5-16(6-4-15)23-9-11-24(12-10-23)19(26)13-22(2)20(27)17-7-8-18(21)28-17/h3-8H,9-13H2,1-2H3. The van der Waals surface area contributed by atoms with E-state index in [2.05, 4.69) is 20.8 Å². The fourth-order valence-corrected chi connectivity index (χ4v) is 4.49. The van der Waals surface area contributed by atoms with E-state index in [0.717, 1.165) is 22.6 Å². The number of hydrogen-bond donors (Lipinski definition) is 0. The van der Waals surface area contributed by atoms with Crippen molar-refractivity contribution >= 4 is 50.6 Å². The van der Waals surface area contributed by atoms with Gasteiger partial charge < -0.3 is 14.7 Å². The van der Waals surface area contributed by atoms with Crippen LogP contribution in [0, 0.1) is 0 Å². The van der Waals surface area contributed by atoms with E-state index in [1.807, 2.05) is 30.3 Å². The van der Waals surface area contributed by atoms with E-state index in [4.69, 9.17) is 0 Å². The summed E-state index contributed by atoms with van der Waals surface area (Å²) in [5.41, 5.74) is 1.75. The number of benzene rings is 1. The second-order valence-electron chi connectivity index (χ2n) is 6.74. The molecular formula is C20H22BrN3O3S. The van der Waals surface area contributed by atoms with E-state index >= 15 is 0 Å². The van der Waals surface area contributed by atoms with Crippen molar-refractivity contribution in [2.24, 2.45) is 0 Å². The molecule has 1 fully saturated rings. The molecule has 1 aromatic heterocycles. The summed E-state index contributed by atoms with van der Waals surface area (Å²) in [6, 6.07) is 11.1. The maximum absolute atomic E-state index is 12.6. The van der Waals surface area contributed by atoms with Crippen LogP contribution in [0.2, 0.25) is 0 Å². The van der Waals surface area contributed by atoms with Crippen LogP contribution in [0.25, 0.3) is 0 Å². The molecule has 2 amide bonds. The van der Waals surface area contributed by atoms with Crippen molar-refractivity contribution < 1.29 is 14.4 Å². The lowest BCUT2D eigenvalue weighted by Gasteiger charge is -2.36. The number of thiophene rings is 1. The number of anilines is 1. The molecule has 0 aliphatic carbocycles. The minimum absolute atomic E-state index is 0.0435. The van der Waals surface area contributed by atoms with Crippen molar-refractivity contribution in [2.75, 3.05) is 44.7 Å². The number of hydrogen-bond acceptors (Lipinski definition) is 5. The highest BCUT2D eigenvalue weighted by molar-refractivity contribution is 9.11. The van der Waals surface area contributed by atoms with Crippen LogP contribution in [0.3, 0.4) is 0 Å². The first kappa shape index (κ1) is 20.5. The highest BCUT2D eigenvalue weighted by atomic mass is 79.9. The first-order chi connectivity index (χ1) is 13.3. The minimum Gasteiger partial charge on any atom is -0.368 e. The summed E-state index contributed by atoms with van der Waals surface area (Å²) in [4.78, 5) is 42.5.